The van der Waals surface area contributed by atoms with Crippen LogP contribution in [0.3, 0.4) is 0 Å². The van der Waals surface area contributed by atoms with Gasteiger partial charge in [0.15, 0.2) is 0 Å². The van der Waals surface area contributed by atoms with Crippen LogP contribution >= 0.6 is 0 Å². The minimum Gasteiger partial charge on any atom is -0.327 e. The van der Waals surface area contributed by atoms with E-state index in [0.29, 0.717) is 6.42 Å². The Morgan fingerprint density at radius 2 is 1.63 bits per heavy atom. The fourth-order valence-corrected chi connectivity index (χ4v) is 4.41. The molecule has 0 amide bonds. The zero-order chi connectivity index (χ0) is 19.5. The third-order valence-corrected chi connectivity index (χ3v) is 6.42. The maximum atomic E-state index is 12.1. The van der Waals surface area contributed by atoms with E-state index in [-0.39, 0.29) is 10.9 Å². The van der Waals surface area contributed by atoms with E-state index in [2.05, 4.69) is 46.4 Å². The van der Waals surface area contributed by atoms with Crippen LogP contribution in [0.2, 0.25) is 0 Å². The summed E-state index contributed by atoms with van der Waals surface area (Å²) in [7, 11) is -3.50. The lowest BCUT2D eigenvalue weighted by Gasteiger charge is -2.11. The van der Waals surface area contributed by atoms with Crippen molar-refractivity contribution in [3.05, 3.63) is 41.7 Å². The maximum absolute atomic E-state index is 12.1. The van der Waals surface area contributed by atoms with E-state index in [0.717, 1.165) is 12.8 Å². The summed E-state index contributed by atoms with van der Waals surface area (Å²) in [6.07, 6.45) is 11.6. The molecule has 0 fully saturated rings. The van der Waals surface area contributed by atoms with Crippen LogP contribution in [0.15, 0.2) is 35.7 Å². The van der Waals surface area contributed by atoms with E-state index in [1.165, 1.54) is 56.0 Å². The highest BCUT2D eigenvalue weighted by Crippen LogP contribution is 2.13. The molecule has 0 spiro atoms. The van der Waals surface area contributed by atoms with E-state index in [9.17, 15) is 8.42 Å². The van der Waals surface area contributed by atoms with Crippen LogP contribution in [0.4, 0.5) is 0 Å². The van der Waals surface area contributed by atoms with Crippen molar-refractivity contribution in [1.29, 1.82) is 0 Å². The summed E-state index contributed by atoms with van der Waals surface area (Å²) < 4.78 is 24.3. The number of nitrogens with one attached hydrogen (secondary N) is 1. The lowest BCUT2D eigenvalue weighted by molar-refractivity contribution is 0.571. The van der Waals surface area contributed by atoms with Crippen LogP contribution in [0.5, 0.6) is 0 Å². The Morgan fingerprint density at radius 3 is 2.26 bits per heavy atom. The smallest absolute Gasteiger partial charge is 0.243 e. The fourth-order valence-electron chi connectivity index (χ4n) is 3.12. The first-order chi connectivity index (χ1) is 13.0. The first kappa shape index (κ1) is 21.6. The van der Waals surface area contributed by atoms with Gasteiger partial charge >= 0.3 is 0 Å². The van der Waals surface area contributed by atoms with Gasteiger partial charge in [0.1, 0.15) is 6.33 Å². The molecule has 1 aromatic carbocycles. The Morgan fingerprint density at radius 1 is 1.00 bits per heavy atom. The summed E-state index contributed by atoms with van der Waals surface area (Å²) in [5, 5.41) is 5.86. The van der Waals surface area contributed by atoms with Crippen molar-refractivity contribution in [2.75, 3.05) is 5.75 Å². The normalized spacial score (nSPS) is 13.0. The number of aromatic nitrogens is 3. The van der Waals surface area contributed by atoms with Crippen LogP contribution in [0.1, 0.15) is 63.0 Å². The first-order valence-electron chi connectivity index (χ1n) is 9.93. The number of nitrogens with zero attached hydrogens (tertiary/aromatic N) is 2. The number of benzene rings is 1. The van der Waals surface area contributed by atoms with Gasteiger partial charge in [-0.2, -0.15) is 5.10 Å². The average molecular weight is 393 g/mol. The molecular formula is C20H32N4O2S. The van der Waals surface area contributed by atoms with Gasteiger partial charge in [0.05, 0.1) is 5.75 Å². The molecule has 0 aliphatic rings. The van der Waals surface area contributed by atoms with Crippen molar-refractivity contribution in [3.63, 3.8) is 0 Å². The summed E-state index contributed by atoms with van der Waals surface area (Å²) in [6.45, 7) is 2.24. The van der Waals surface area contributed by atoms with Gasteiger partial charge in [-0.25, -0.2) is 13.4 Å². The van der Waals surface area contributed by atoms with Crippen molar-refractivity contribution in [2.45, 2.75) is 75.9 Å². The lowest BCUT2D eigenvalue weighted by atomic mass is 10.0. The number of hydrogen-bond acceptors (Lipinski definition) is 5. The van der Waals surface area contributed by atoms with Gasteiger partial charge in [-0.1, -0.05) is 63.3 Å². The van der Waals surface area contributed by atoms with Gasteiger partial charge in [-0.15, -0.1) is 0 Å². The molecule has 0 saturated carbocycles. The predicted molar refractivity (Wildman–Crippen MR) is 108 cm³/mol. The standard InChI is InChI=1S/C20H32N4O2S/c1-2-3-4-5-6-7-8-17-9-11-18(12-10-17)13-14-19(21)15-27(25,26)20-22-16-23-24-20/h9-12,16,19H,2-8,13-15,21H2,1H3,(H,22,23,24). The number of nitrogens with two attached hydrogens (primary N) is 1. The summed E-state index contributed by atoms with van der Waals surface area (Å²) in [4.78, 5) is 3.70. The SMILES string of the molecule is CCCCCCCCc1ccc(CCC(N)CS(=O)(=O)c2ncn[nH]2)cc1. The van der Waals surface area contributed by atoms with Crippen LogP contribution in [0.25, 0.3) is 0 Å². The first-order valence-corrected chi connectivity index (χ1v) is 11.6. The van der Waals surface area contributed by atoms with E-state index in [1.54, 1.807) is 0 Å². The molecule has 1 unspecified atom stereocenters. The molecule has 0 bridgehead atoms. The topological polar surface area (TPSA) is 102 Å². The van der Waals surface area contributed by atoms with Crippen molar-refractivity contribution in [1.82, 2.24) is 15.2 Å². The number of hydrogen-bond donors (Lipinski definition) is 2. The number of sulfone groups is 1. The van der Waals surface area contributed by atoms with Gasteiger partial charge in [0.2, 0.25) is 15.0 Å². The van der Waals surface area contributed by atoms with Gasteiger partial charge in [-0.05, 0) is 36.8 Å². The molecule has 1 atom stereocenters. The fraction of sp³-hybridized carbons (Fsp3) is 0.600. The molecule has 150 valence electrons. The molecule has 1 heterocycles. The van der Waals surface area contributed by atoms with E-state index in [4.69, 9.17) is 5.73 Å². The summed E-state index contributed by atoms with van der Waals surface area (Å²) in [5.74, 6) is -0.127. The lowest BCUT2D eigenvalue weighted by Crippen LogP contribution is -2.30. The molecule has 1 aromatic heterocycles. The Labute approximate surface area is 162 Å². The minimum absolute atomic E-state index is 0.114. The second kappa shape index (κ2) is 11.2. The van der Waals surface area contributed by atoms with Gasteiger partial charge in [0, 0.05) is 6.04 Å². The van der Waals surface area contributed by atoms with Gasteiger partial charge in [-0.3, -0.25) is 5.10 Å². The quantitative estimate of drug-likeness (QED) is 0.508. The number of aromatic amines is 1. The highest BCUT2D eigenvalue weighted by Gasteiger charge is 2.21. The Balaban J connectivity index is 1.70. The molecule has 3 N–H and O–H groups in total. The van der Waals surface area contributed by atoms with E-state index >= 15 is 0 Å². The average Bonchev–Trinajstić information content (AvgIpc) is 3.19. The number of aryl methyl sites for hydroxylation is 2. The predicted octanol–water partition coefficient (Wildman–Crippen LogP) is 3.44. The molecular weight excluding hydrogens is 360 g/mol. The third-order valence-electron chi connectivity index (χ3n) is 4.77. The molecule has 0 aliphatic heterocycles. The Hall–Kier alpha value is -1.73. The molecule has 2 rings (SSSR count). The largest absolute Gasteiger partial charge is 0.327 e. The molecule has 0 saturated heterocycles. The highest BCUT2D eigenvalue weighted by molar-refractivity contribution is 7.91. The van der Waals surface area contributed by atoms with Crippen LogP contribution in [0, 0.1) is 0 Å². The number of H-pyrrole nitrogens is 1. The molecule has 27 heavy (non-hydrogen) atoms. The second-order valence-electron chi connectivity index (χ2n) is 7.21. The zero-order valence-corrected chi connectivity index (χ0v) is 17.0. The minimum atomic E-state index is -3.50. The van der Waals surface area contributed by atoms with E-state index < -0.39 is 15.9 Å². The third kappa shape index (κ3) is 7.81. The molecule has 0 radical (unpaired) electrons. The molecule has 6 nitrogen and oxygen atoms in total. The molecule has 7 heteroatoms. The van der Waals surface area contributed by atoms with Crippen LogP contribution in [-0.2, 0) is 22.7 Å². The van der Waals surface area contributed by atoms with Gasteiger partial charge in [0.25, 0.3) is 0 Å². The van der Waals surface area contributed by atoms with Crippen molar-refractivity contribution in [2.24, 2.45) is 5.73 Å². The van der Waals surface area contributed by atoms with Crippen molar-refractivity contribution in [3.8, 4) is 0 Å². The zero-order valence-electron chi connectivity index (χ0n) is 16.2. The van der Waals surface area contributed by atoms with Crippen LogP contribution in [-0.4, -0.2) is 35.4 Å². The maximum Gasteiger partial charge on any atom is 0.243 e. The number of rotatable bonds is 13. The molecule has 0 aliphatic carbocycles. The highest BCUT2D eigenvalue weighted by atomic mass is 32.2. The van der Waals surface area contributed by atoms with Crippen LogP contribution < -0.4 is 5.73 Å². The van der Waals surface area contributed by atoms with Crippen molar-refractivity contribution >= 4 is 9.84 Å². The Kier molecular flexibility index (Phi) is 8.94. The summed E-state index contributed by atoms with van der Waals surface area (Å²) >= 11 is 0. The second-order valence-corrected chi connectivity index (χ2v) is 9.15. The van der Waals surface area contributed by atoms with E-state index in [1.807, 2.05) is 0 Å². The summed E-state index contributed by atoms with van der Waals surface area (Å²) in [5.41, 5.74) is 8.57. The monoisotopic (exact) mass is 392 g/mol. The van der Waals surface area contributed by atoms with Gasteiger partial charge < -0.3 is 5.73 Å². The Bertz CT molecular complexity index is 743. The van der Waals surface area contributed by atoms with Crippen molar-refractivity contribution < 1.29 is 8.42 Å². The molecule has 2 aromatic rings. The summed E-state index contributed by atoms with van der Waals surface area (Å²) in [6, 6.07) is 8.19. The number of unbranched alkanes of at least 4 members (excludes halogenated alkanes) is 5.